The first-order chi connectivity index (χ1) is 13.7. The fourth-order valence-corrected chi connectivity index (χ4v) is 3.20. The summed E-state index contributed by atoms with van der Waals surface area (Å²) in [7, 11) is 0. The summed E-state index contributed by atoms with van der Waals surface area (Å²) in [5.74, 6) is -1.38. The van der Waals surface area contributed by atoms with E-state index in [1.54, 1.807) is 6.08 Å². The van der Waals surface area contributed by atoms with Gasteiger partial charge in [-0.1, -0.05) is 62.2 Å². The van der Waals surface area contributed by atoms with Gasteiger partial charge in [-0.3, -0.25) is 0 Å². The third-order valence-electron chi connectivity index (χ3n) is 4.83. The van der Waals surface area contributed by atoms with Crippen molar-refractivity contribution in [3.8, 4) is 0 Å². The topological polar surface area (TPSA) is 65.0 Å². The molecule has 2 atom stereocenters. The number of ether oxygens (including phenoxy) is 2. The fraction of sp³-hybridized carbons (Fsp3) is 0.522. The number of carbonyl (C=O) groups is 1. The second-order valence-electron chi connectivity index (χ2n) is 7.16. The van der Waals surface area contributed by atoms with Crippen LogP contribution in [0, 0.1) is 0 Å². The van der Waals surface area contributed by atoms with Crippen LogP contribution in [0.2, 0.25) is 0 Å². The van der Waals surface area contributed by atoms with Crippen molar-refractivity contribution < 1.29 is 24.4 Å². The monoisotopic (exact) mass is 388 g/mol. The molecule has 2 rings (SSSR count). The van der Waals surface area contributed by atoms with Crippen molar-refractivity contribution in [2.45, 2.75) is 76.8 Å². The van der Waals surface area contributed by atoms with Crippen LogP contribution >= 0.6 is 0 Å². The van der Waals surface area contributed by atoms with E-state index in [1.165, 1.54) is 18.9 Å². The van der Waals surface area contributed by atoms with Crippen LogP contribution in [0.3, 0.4) is 0 Å². The van der Waals surface area contributed by atoms with Gasteiger partial charge in [-0.2, -0.15) is 0 Å². The molecule has 1 aliphatic heterocycles. The molecule has 1 aromatic carbocycles. The summed E-state index contributed by atoms with van der Waals surface area (Å²) in [5, 5.41) is 9.34. The predicted molar refractivity (Wildman–Crippen MR) is 108 cm³/mol. The smallest absolute Gasteiger partial charge is 0.330 e. The highest BCUT2D eigenvalue weighted by molar-refractivity contribution is 5.82. The lowest BCUT2D eigenvalue weighted by Crippen LogP contribution is -2.31. The molecule has 0 spiro atoms. The van der Waals surface area contributed by atoms with Gasteiger partial charge in [0.15, 0.2) is 0 Å². The summed E-state index contributed by atoms with van der Waals surface area (Å²) in [5.41, 5.74) is 0.942. The number of unbranched alkanes of at least 4 members (excludes halogenated alkanes) is 3. The molecular weight excluding hydrogens is 356 g/mol. The van der Waals surface area contributed by atoms with E-state index in [4.69, 9.17) is 9.47 Å². The van der Waals surface area contributed by atoms with Gasteiger partial charge in [0.1, 0.15) is 6.61 Å². The quantitative estimate of drug-likeness (QED) is 0.127. The molecule has 28 heavy (non-hydrogen) atoms. The molecule has 5 heteroatoms. The molecule has 5 nitrogen and oxygen atoms in total. The highest BCUT2D eigenvalue weighted by Gasteiger charge is 2.40. The third kappa shape index (κ3) is 7.97. The maximum Gasteiger partial charge on any atom is 0.330 e. The molecule has 0 aliphatic carbocycles. The Labute approximate surface area is 167 Å². The molecule has 0 bridgehead atoms. The zero-order valence-electron chi connectivity index (χ0n) is 16.7. The van der Waals surface area contributed by atoms with Crippen LogP contribution in [0.5, 0.6) is 0 Å². The van der Waals surface area contributed by atoms with Gasteiger partial charge in [-0.05, 0) is 37.3 Å². The summed E-state index contributed by atoms with van der Waals surface area (Å²) < 4.78 is 11.1. The van der Waals surface area contributed by atoms with Gasteiger partial charge >= 0.3 is 5.97 Å². The second kappa shape index (κ2) is 12.5. The number of carbonyl (C=O) groups excluding carboxylic acids is 1. The Bertz CT molecular complexity index is 625. The van der Waals surface area contributed by atoms with E-state index in [2.05, 4.69) is 24.0 Å². The number of hydrogen-bond donors (Lipinski definition) is 1. The molecule has 1 N–H and O–H groups in total. The minimum Gasteiger partial charge on any atom is -0.458 e. The third-order valence-corrected chi connectivity index (χ3v) is 4.83. The summed E-state index contributed by atoms with van der Waals surface area (Å²) in [6, 6.07) is 9.54. The fourth-order valence-electron chi connectivity index (χ4n) is 3.20. The minimum absolute atomic E-state index is 0.241. The highest BCUT2D eigenvalue weighted by Crippen LogP contribution is 2.35. The van der Waals surface area contributed by atoms with Crippen LogP contribution in [0.15, 0.2) is 54.6 Å². The summed E-state index contributed by atoms with van der Waals surface area (Å²) in [4.78, 5) is 16.6. The molecule has 1 saturated heterocycles. The first-order valence-corrected chi connectivity index (χ1v) is 10.2. The zero-order chi connectivity index (χ0) is 20.1. The standard InChI is InChI=1S/C23H32O5/c1-2-3-4-5-6-7-11-17-23(28-25)18-16-21(27-23)14-15-22(24)26-19-20-12-9-8-10-13-20/h5-6,8-10,12-15,21,25H,2-4,7,11,16-19H2,1H3/b6-5+,15-14+. The lowest BCUT2D eigenvalue weighted by Gasteiger charge is -2.25. The van der Waals surface area contributed by atoms with Crippen LogP contribution in [0.25, 0.3) is 0 Å². The van der Waals surface area contributed by atoms with Crippen molar-refractivity contribution in [2.24, 2.45) is 0 Å². The maximum absolute atomic E-state index is 11.9. The average molecular weight is 389 g/mol. The molecule has 0 amide bonds. The van der Waals surface area contributed by atoms with Crippen LogP contribution in [-0.2, 0) is 25.8 Å². The van der Waals surface area contributed by atoms with E-state index in [0.717, 1.165) is 24.8 Å². The number of esters is 1. The van der Waals surface area contributed by atoms with Gasteiger partial charge in [0, 0.05) is 18.9 Å². The SMILES string of the molecule is CCCC/C=C/CCCC1(OO)CCC(/C=C/C(=O)OCc2ccccc2)O1. The van der Waals surface area contributed by atoms with E-state index in [-0.39, 0.29) is 12.7 Å². The van der Waals surface area contributed by atoms with Crippen molar-refractivity contribution in [1.82, 2.24) is 0 Å². The normalized spacial score (nSPS) is 22.3. The van der Waals surface area contributed by atoms with E-state index < -0.39 is 11.8 Å². The summed E-state index contributed by atoms with van der Waals surface area (Å²) in [6.45, 7) is 2.42. The molecular formula is C23H32O5. The molecule has 0 saturated carbocycles. The minimum atomic E-state index is -0.972. The summed E-state index contributed by atoms with van der Waals surface area (Å²) >= 11 is 0. The van der Waals surface area contributed by atoms with Crippen molar-refractivity contribution in [2.75, 3.05) is 0 Å². The van der Waals surface area contributed by atoms with Crippen molar-refractivity contribution in [1.29, 1.82) is 0 Å². The van der Waals surface area contributed by atoms with E-state index in [0.29, 0.717) is 19.3 Å². The van der Waals surface area contributed by atoms with Gasteiger partial charge in [-0.25, -0.2) is 14.9 Å². The zero-order valence-corrected chi connectivity index (χ0v) is 16.7. The average Bonchev–Trinajstić information content (AvgIpc) is 3.15. The predicted octanol–water partition coefficient (Wildman–Crippen LogP) is 5.57. The van der Waals surface area contributed by atoms with E-state index >= 15 is 0 Å². The van der Waals surface area contributed by atoms with Crippen LogP contribution in [-0.4, -0.2) is 23.1 Å². The molecule has 1 heterocycles. The molecule has 0 radical (unpaired) electrons. The van der Waals surface area contributed by atoms with Gasteiger partial charge in [0.2, 0.25) is 5.79 Å². The first-order valence-electron chi connectivity index (χ1n) is 10.2. The molecule has 1 fully saturated rings. The van der Waals surface area contributed by atoms with E-state index in [9.17, 15) is 10.1 Å². The Morgan fingerprint density at radius 3 is 2.71 bits per heavy atom. The number of allylic oxidation sites excluding steroid dienone is 2. The number of benzene rings is 1. The Morgan fingerprint density at radius 2 is 2.00 bits per heavy atom. The van der Waals surface area contributed by atoms with Gasteiger partial charge < -0.3 is 9.47 Å². The molecule has 2 unspecified atom stereocenters. The molecule has 0 aromatic heterocycles. The second-order valence-corrected chi connectivity index (χ2v) is 7.16. The lowest BCUT2D eigenvalue weighted by molar-refractivity contribution is -0.398. The van der Waals surface area contributed by atoms with Crippen LogP contribution < -0.4 is 0 Å². The molecule has 1 aromatic rings. The van der Waals surface area contributed by atoms with E-state index in [1.807, 2.05) is 30.3 Å². The van der Waals surface area contributed by atoms with Crippen LogP contribution in [0.4, 0.5) is 0 Å². The Kier molecular flexibility index (Phi) is 9.97. The summed E-state index contributed by atoms with van der Waals surface area (Å²) in [6.07, 6.45) is 14.4. The number of rotatable bonds is 12. The Morgan fingerprint density at radius 1 is 1.25 bits per heavy atom. The maximum atomic E-state index is 11.9. The lowest BCUT2D eigenvalue weighted by atomic mass is 10.0. The molecule has 154 valence electrons. The van der Waals surface area contributed by atoms with Gasteiger partial charge in [0.05, 0.1) is 6.10 Å². The largest absolute Gasteiger partial charge is 0.458 e. The Hall–Kier alpha value is -1.95. The Balaban J connectivity index is 1.70. The molecule has 1 aliphatic rings. The first kappa shape index (κ1) is 22.3. The number of hydrogen-bond acceptors (Lipinski definition) is 5. The van der Waals surface area contributed by atoms with Crippen molar-refractivity contribution in [3.05, 3.63) is 60.2 Å². The van der Waals surface area contributed by atoms with Crippen molar-refractivity contribution in [3.63, 3.8) is 0 Å². The van der Waals surface area contributed by atoms with Crippen molar-refractivity contribution >= 4 is 5.97 Å². The van der Waals surface area contributed by atoms with Gasteiger partial charge in [-0.15, -0.1) is 0 Å². The van der Waals surface area contributed by atoms with Crippen LogP contribution in [0.1, 0.15) is 63.9 Å². The highest BCUT2D eigenvalue weighted by atomic mass is 17.1. The van der Waals surface area contributed by atoms with Gasteiger partial charge in [0.25, 0.3) is 0 Å².